The summed E-state index contributed by atoms with van der Waals surface area (Å²) in [5.74, 6) is 0.550. The number of sulfonamides is 1. The average molecular weight is 348 g/mol. The quantitative estimate of drug-likeness (QED) is 0.865. The van der Waals surface area contributed by atoms with Crippen LogP contribution in [-0.4, -0.2) is 53.5 Å². The summed E-state index contributed by atoms with van der Waals surface area (Å²) < 4.78 is 26.9. The van der Waals surface area contributed by atoms with E-state index in [1.165, 1.54) is 18.4 Å². The molecule has 0 atom stereocenters. The third-order valence-electron chi connectivity index (χ3n) is 2.55. The van der Waals surface area contributed by atoms with E-state index in [9.17, 15) is 8.42 Å². The Bertz CT molecular complexity index is 682. The van der Waals surface area contributed by atoms with Crippen LogP contribution < -0.4 is 5.32 Å². The Morgan fingerprint density at radius 3 is 2.89 bits per heavy atom. The molecule has 2 aromatic heterocycles. The van der Waals surface area contributed by atoms with E-state index in [1.807, 2.05) is 0 Å². The number of aromatic nitrogens is 3. The Balaban J connectivity index is 2.12. The number of rotatable bonds is 5. The first-order valence-corrected chi connectivity index (χ1v) is 7.93. The first kappa shape index (κ1) is 14.2. The molecule has 2 rings (SSSR count). The second-order valence-electron chi connectivity index (χ2n) is 4.10. The van der Waals surface area contributed by atoms with Gasteiger partial charge < -0.3 is 9.72 Å². The zero-order valence-electron chi connectivity index (χ0n) is 10.5. The first-order valence-electron chi connectivity index (χ1n) is 5.53. The van der Waals surface area contributed by atoms with Gasteiger partial charge in [0.25, 0.3) is 0 Å². The molecule has 0 aliphatic rings. The van der Waals surface area contributed by atoms with Gasteiger partial charge in [0.2, 0.25) is 10.0 Å². The van der Waals surface area contributed by atoms with E-state index in [0.29, 0.717) is 16.1 Å². The molecule has 0 spiro atoms. The molecular weight excluding hydrogens is 334 g/mol. The number of halogens is 1. The van der Waals surface area contributed by atoms with Crippen LogP contribution in [0.3, 0.4) is 0 Å². The van der Waals surface area contributed by atoms with Crippen LogP contribution in [0.5, 0.6) is 0 Å². The summed E-state index contributed by atoms with van der Waals surface area (Å²) in [6.07, 6.45) is 5.23. The van der Waals surface area contributed by atoms with Crippen LogP contribution in [0.2, 0.25) is 0 Å². The molecule has 0 saturated heterocycles. The van der Waals surface area contributed by atoms with Crippen molar-refractivity contribution in [3.8, 4) is 0 Å². The highest BCUT2D eigenvalue weighted by Gasteiger charge is 2.13. The molecule has 0 aromatic carbocycles. The highest BCUT2D eigenvalue weighted by Crippen LogP contribution is 2.16. The van der Waals surface area contributed by atoms with Crippen molar-refractivity contribution in [2.45, 2.75) is 0 Å². The Labute approximate surface area is 119 Å². The summed E-state index contributed by atoms with van der Waals surface area (Å²) in [6, 6.07) is 0. The second-order valence-corrected chi connectivity index (χ2v) is 7.21. The van der Waals surface area contributed by atoms with Crippen molar-refractivity contribution in [3.05, 3.63) is 23.2 Å². The van der Waals surface area contributed by atoms with Crippen molar-refractivity contribution >= 4 is 37.4 Å². The van der Waals surface area contributed by atoms with E-state index in [2.05, 4.69) is 31.2 Å². The minimum Gasteiger partial charge on any atom is -0.366 e. The van der Waals surface area contributed by atoms with Gasteiger partial charge >= 0.3 is 0 Å². The van der Waals surface area contributed by atoms with Crippen LogP contribution in [0.25, 0.3) is 5.65 Å². The summed E-state index contributed by atoms with van der Waals surface area (Å²) >= 11 is 3.30. The molecule has 0 amide bonds. The predicted octanol–water partition coefficient (Wildman–Crippen LogP) is 0.795. The maximum Gasteiger partial charge on any atom is 0.215 e. The van der Waals surface area contributed by atoms with Crippen molar-refractivity contribution in [1.82, 2.24) is 18.7 Å². The maximum atomic E-state index is 11.6. The SMILES string of the molecule is CN(C)S(=O)(=O)CCNc1nc(Br)cn2ccnc12. The largest absolute Gasteiger partial charge is 0.366 e. The monoisotopic (exact) mass is 347 g/mol. The third kappa shape index (κ3) is 3.23. The zero-order valence-corrected chi connectivity index (χ0v) is 12.9. The van der Waals surface area contributed by atoms with Crippen LogP contribution in [0.4, 0.5) is 5.82 Å². The molecule has 2 aromatic rings. The molecule has 9 heteroatoms. The molecule has 1 N–H and O–H groups in total. The zero-order chi connectivity index (χ0) is 14.0. The molecule has 19 heavy (non-hydrogen) atoms. The summed E-state index contributed by atoms with van der Waals surface area (Å²) in [5.41, 5.74) is 0.658. The minimum absolute atomic E-state index is 0.00105. The summed E-state index contributed by atoms with van der Waals surface area (Å²) in [7, 11) is -0.187. The van der Waals surface area contributed by atoms with Crippen molar-refractivity contribution in [2.24, 2.45) is 0 Å². The van der Waals surface area contributed by atoms with Gasteiger partial charge in [0.1, 0.15) is 4.60 Å². The molecule has 0 radical (unpaired) electrons. The van der Waals surface area contributed by atoms with E-state index in [0.717, 1.165) is 0 Å². The molecule has 0 fully saturated rings. The van der Waals surface area contributed by atoms with Crippen LogP contribution in [-0.2, 0) is 10.0 Å². The Hall–Kier alpha value is -1.19. The first-order chi connectivity index (χ1) is 8.90. The lowest BCUT2D eigenvalue weighted by atomic mass is 10.5. The fourth-order valence-corrected chi connectivity index (χ4v) is 2.62. The van der Waals surface area contributed by atoms with Gasteiger partial charge in [0.05, 0.1) is 5.75 Å². The van der Waals surface area contributed by atoms with E-state index in [-0.39, 0.29) is 12.3 Å². The highest BCUT2D eigenvalue weighted by atomic mass is 79.9. The summed E-state index contributed by atoms with van der Waals surface area (Å²) in [4.78, 5) is 8.42. The van der Waals surface area contributed by atoms with Gasteiger partial charge in [-0.1, -0.05) is 0 Å². The van der Waals surface area contributed by atoms with E-state index in [4.69, 9.17) is 0 Å². The van der Waals surface area contributed by atoms with Crippen molar-refractivity contribution in [2.75, 3.05) is 31.7 Å². The fraction of sp³-hybridized carbons (Fsp3) is 0.400. The number of fused-ring (bicyclic) bond motifs is 1. The van der Waals surface area contributed by atoms with Gasteiger partial charge in [-0.15, -0.1) is 0 Å². The second kappa shape index (κ2) is 5.43. The van der Waals surface area contributed by atoms with Gasteiger partial charge in [0.15, 0.2) is 11.5 Å². The Kier molecular flexibility index (Phi) is 4.07. The van der Waals surface area contributed by atoms with Gasteiger partial charge in [-0.25, -0.2) is 22.7 Å². The smallest absolute Gasteiger partial charge is 0.215 e. The topological polar surface area (TPSA) is 79.6 Å². The van der Waals surface area contributed by atoms with Gasteiger partial charge in [0, 0.05) is 39.2 Å². The molecule has 7 nitrogen and oxygen atoms in total. The predicted molar refractivity (Wildman–Crippen MR) is 76.7 cm³/mol. The van der Waals surface area contributed by atoms with Crippen LogP contribution in [0, 0.1) is 0 Å². The van der Waals surface area contributed by atoms with Crippen LogP contribution in [0.1, 0.15) is 0 Å². The average Bonchev–Trinajstić information content (AvgIpc) is 2.76. The van der Waals surface area contributed by atoms with Gasteiger partial charge in [-0.05, 0) is 15.9 Å². The fourth-order valence-electron chi connectivity index (χ4n) is 1.50. The van der Waals surface area contributed by atoms with Crippen molar-refractivity contribution in [3.63, 3.8) is 0 Å². The van der Waals surface area contributed by atoms with Crippen LogP contribution in [0.15, 0.2) is 23.2 Å². The van der Waals surface area contributed by atoms with Gasteiger partial charge in [-0.2, -0.15) is 0 Å². The minimum atomic E-state index is -3.21. The molecule has 0 unspecified atom stereocenters. The normalized spacial score (nSPS) is 12.2. The third-order valence-corrected chi connectivity index (χ3v) is 4.77. The van der Waals surface area contributed by atoms with E-state index >= 15 is 0 Å². The Morgan fingerprint density at radius 2 is 2.21 bits per heavy atom. The van der Waals surface area contributed by atoms with Gasteiger partial charge in [-0.3, -0.25) is 0 Å². The van der Waals surface area contributed by atoms with E-state index in [1.54, 1.807) is 23.0 Å². The molecular formula is C10H14BrN5O2S. The molecule has 2 heterocycles. The van der Waals surface area contributed by atoms with Crippen molar-refractivity contribution < 1.29 is 8.42 Å². The number of imidazole rings is 1. The lowest BCUT2D eigenvalue weighted by molar-refractivity contribution is 0.521. The number of nitrogens with zero attached hydrogens (tertiary/aromatic N) is 4. The lowest BCUT2D eigenvalue weighted by Gasteiger charge is -2.12. The maximum absolute atomic E-state index is 11.6. The molecule has 0 aliphatic heterocycles. The number of nitrogens with one attached hydrogen (secondary N) is 1. The summed E-state index contributed by atoms with van der Waals surface area (Å²) in [6.45, 7) is 0.270. The highest BCUT2D eigenvalue weighted by molar-refractivity contribution is 9.10. The van der Waals surface area contributed by atoms with Crippen molar-refractivity contribution in [1.29, 1.82) is 0 Å². The standard InChI is InChI=1S/C10H14BrN5O2S/c1-15(2)19(17,18)6-4-12-9-10-13-3-5-16(10)7-8(11)14-9/h3,5,7H,4,6H2,1-2H3,(H,12,14). The summed E-state index contributed by atoms with van der Waals surface area (Å²) in [5, 5.41) is 3.00. The molecule has 0 aliphatic carbocycles. The molecule has 0 saturated carbocycles. The molecule has 104 valence electrons. The lowest BCUT2D eigenvalue weighted by Crippen LogP contribution is -2.28. The van der Waals surface area contributed by atoms with Crippen LogP contribution >= 0.6 is 15.9 Å². The number of anilines is 1. The molecule has 0 bridgehead atoms. The number of hydrogen-bond donors (Lipinski definition) is 1. The Morgan fingerprint density at radius 1 is 1.47 bits per heavy atom. The number of hydrogen-bond acceptors (Lipinski definition) is 5. The van der Waals surface area contributed by atoms with E-state index < -0.39 is 10.0 Å².